The van der Waals surface area contributed by atoms with Gasteiger partial charge in [-0.1, -0.05) is 0 Å². The Labute approximate surface area is 167 Å². The Morgan fingerprint density at radius 3 is 2.31 bits per heavy atom. The number of hydrogen-bond donors (Lipinski definition) is 1. The third-order valence-corrected chi connectivity index (χ3v) is 4.19. The van der Waals surface area contributed by atoms with E-state index in [1.807, 2.05) is 30.3 Å². The molecule has 7 heteroatoms. The van der Waals surface area contributed by atoms with Crippen molar-refractivity contribution in [3.8, 4) is 28.7 Å². The van der Waals surface area contributed by atoms with Crippen LogP contribution >= 0.6 is 0 Å². The summed E-state index contributed by atoms with van der Waals surface area (Å²) in [7, 11) is 1.61. The largest absolute Gasteiger partial charge is 0.497 e. The highest BCUT2D eigenvalue weighted by Crippen LogP contribution is 2.32. The van der Waals surface area contributed by atoms with Gasteiger partial charge in [0.1, 0.15) is 17.2 Å². The Balaban J connectivity index is 1.34. The van der Waals surface area contributed by atoms with Crippen LogP contribution in [0.2, 0.25) is 0 Å². The first-order chi connectivity index (χ1) is 14.2. The fraction of sp³-hybridized carbons (Fsp3) is 0.0909. The number of hydrazone groups is 1. The number of carbonyl (C=O) groups is 1. The van der Waals surface area contributed by atoms with Gasteiger partial charge in [-0.15, -0.1) is 0 Å². The Morgan fingerprint density at radius 1 is 0.931 bits per heavy atom. The van der Waals surface area contributed by atoms with E-state index < -0.39 is 0 Å². The highest BCUT2D eigenvalue weighted by molar-refractivity contribution is 5.95. The van der Waals surface area contributed by atoms with E-state index in [0.717, 1.165) is 11.3 Å². The van der Waals surface area contributed by atoms with Crippen LogP contribution in [0.3, 0.4) is 0 Å². The fourth-order valence-corrected chi connectivity index (χ4v) is 2.68. The lowest BCUT2D eigenvalue weighted by Gasteiger charge is -2.07. The first-order valence-electron chi connectivity index (χ1n) is 8.86. The van der Waals surface area contributed by atoms with Crippen LogP contribution < -0.4 is 24.4 Å². The monoisotopic (exact) mass is 390 g/mol. The van der Waals surface area contributed by atoms with Gasteiger partial charge in [-0.3, -0.25) is 4.79 Å². The Bertz CT molecular complexity index is 1030. The lowest BCUT2D eigenvalue weighted by atomic mass is 10.2. The molecule has 0 aliphatic carbocycles. The maximum atomic E-state index is 12.2. The van der Waals surface area contributed by atoms with E-state index in [9.17, 15) is 4.79 Å². The van der Waals surface area contributed by atoms with Crippen LogP contribution in [0.4, 0.5) is 0 Å². The summed E-state index contributed by atoms with van der Waals surface area (Å²) >= 11 is 0. The second-order valence-electron chi connectivity index (χ2n) is 6.11. The lowest BCUT2D eigenvalue weighted by Crippen LogP contribution is -2.17. The summed E-state index contributed by atoms with van der Waals surface area (Å²) in [6, 6.07) is 19.5. The zero-order valence-electron chi connectivity index (χ0n) is 15.6. The molecule has 0 atom stereocenters. The van der Waals surface area contributed by atoms with E-state index in [0.29, 0.717) is 28.6 Å². The smallest absolute Gasteiger partial charge is 0.271 e. The normalized spacial score (nSPS) is 12.0. The van der Waals surface area contributed by atoms with Crippen LogP contribution in [0.1, 0.15) is 15.9 Å². The van der Waals surface area contributed by atoms with Crippen molar-refractivity contribution in [1.82, 2.24) is 5.43 Å². The third-order valence-electron chi connectivity index (χ3n) is 4.19. The molecule has 146 valence electrons. The summed E-state index contributed by atoms with van der Waals surface area (Å²) in [5, 5.41) is 3.99. The minimum Gasteiger partial charge on any atom is -0.497 e. The van der Waals surface area contributed by atoms with Crippen LogP contribution in [0, 0.1) is 0 Å². The molecule has 0 spiro atoms. The quantitative estimate of drug-likeness (QED) is 0.509. The minimum atomic E-state index is -0.321. The van der Waals surface area contributed by atoms with E-state index in [1.165, 1.54) is 0 Å². The average molecular weight is 390 g/mol. The van der Waals surface area contributed by atoms with Crippen LogP contribution in [-0.2, 0) is 0 Å². The molecule has 3 aromatic rings. The fourth-order valence-electron chi connectivity index (χ4n) is 2.68. The van der Waals surface area contributed by atoms with Crippen molar-refractivity contribution in [2.45, 2.75) is 0 Å². The SMILES string of the molecule is COc1ccc(Oc2ccc(C(=O)N/N=C\c3ccc4c(c3)OCO4)cc2)cc1. The highest BCUT2D eigenvalue weighted by atomic mass is 16.7. The lowest BCUT2D eigenvalue weighted by molar-refractivity contribution is 0.0955. The van der Waals surface area contributed by atoms with Crippen molar-refractivity contribution in [2.75, 3.05) is 13.9 Å². The molecule has 0 aromatic heterocycles. The van der Waals surface area contributed by atoms with E-state index in [-0.39, 0.29) is 12.7 Å². The van der Waals surface area contributed by atoms with Crippen molar-refractivity contribution in [3.05, 3.63) is 77.9 Å². The van der Waals surface area contributed by atoms with Gasteiger partial charge in [0, 0.05) is 5.56 Å². The number of carbonyl (C=O) groups excluding carboxylic acids is 1. The van der Waals surface area contributed by atoms with Crippen molar-refractivity contribution in [2.24, 2.45) is 5.10 Å². The molecule has 0 unspecified atom stereocenters. The number of nitrogens with one attached hydrogen (secondary N) is 1. The van der Waals surface area contributed by atoms with E-state index in [2.05, 4.69) is 10.5 Å². The van der Waals surface area contributed by atoms with Crippen molar-refractivity contribution in [1.29, 1.82) is 0 Å². The molecule has 0 fully saturated rings. The molecule has 29 heavy (non-hydrogen) atoms. The molecule has 1 aliphatic heterocycles. The Morgan fingerprint density at radius 2 is 1.59 bits per heavy atom. The molecule has 0 saturated carbocycles. The summed E-state index contributed by atoms with van der Waals surface area (Å²) in [5.41, 5.74) is 3.76. The van der Waals surface area contributed by atoms with Crippen molar-refractivity contribution in [3.63, 3.8) is 0 Å². The van der Waals surface area contributed by atoms with Gasteiger partial charge >= 0.3 is 0 Å². The summed E-state index contributed by atoms with van der Waals surface area (Å²) in [6.07, 6.45) is 1.54. The molecule has 0 radical (unpaired) electrons. The van der Waals surface area contributed by atoms with Crippen LogP contribution in [0.25, 0.3) is 0 Å². The maximum absolute atomic E-state index is 12.2. The molecular formula is C22H18N2O5. The number of rotatable bonds is 6. The van der Waals surface area contributed by atoms with Gasteiger partial charge in [-0.05, 0) is 72.3 Å². The zero-order valence-corrected chi connectivity index (χ0v) is 15.6. The van der Waals surface area contributed by atoms with Gasteiger partial charge in [0.2, 0.25) is 6.79 Å². The number of benzene rings is 3. The van der Waals surface area contributed by atoms with E-state index in [1.54, 1.807) is 49.7 Å². The van der Waals surface area contributed by atoms with Crippen molar-refractivity contribution < 1.29 is 23.7 Å². The Kier molecular flexibility index (Phi) is 5.29. The summed E-state index contributed by atoms with van der Waals surface area (Å²) in [4.78, 5) is 12.2. The molecule has 4 rings (SSSR count). The van der Waals surface area contributed by atoms with Crippen molar-refractivity contribution >= 4 is 12.1 Å². The summed E-state index contributed by atoms with van der Waals surface area (Å²) < 4.78 is 21.4. The summed E-state index contributed by atoms with van der Waals surface area (Å²) in [5.74, 6) is 3.09. The van der Waals surface area contributed by atoms with E-state index >= 15 is 0 Å². The minimum absolute atomic E-state index is 0.213. The molecule has 7 nitrogen and oxygen atoms in total. The van der Waals surface area contributed by atoms with Crippen LogP contribution in [0.15, 0.2) is 71.8 Å². The van der Waals surface area contributed by atoms with Gasteiger partial charge in [-0.25, -0.2) is 5.43 Å². The summed E-state index contributed by atoms with van der Waals surface area (Å²) in [6.45, 7) is 0.213. The van der Waals surface area contributed by atoms with E-state index in [4.69, 9.17) is 18.9 Å². The van der Waals surface area contributed by atoms with Crippen LogP contribution in [-0.4, -0.2) is 26.0 Å². The molecule has 0 saturated heterocycles. The second-order valence-corrected chi connectivity index (χ2v) is 6.11. The van der Waals surface area contributed by atoms with Crippen LogP contribution in [0.5, 0.6) is 28.7 Å². The predicted octanol–water partition coefficient (Wildman–Crippen LogP) is 3.98. The van der Waals surface area contributed by atoms with Gasteiger partial charge in [0.25, 0.3) is 5.91 Å². The Hall–Kier alpha value is -4.00. The molecule has 1 N–H and O–H groups in total. The second kappa shape index (κ2) is 8.35. The topological polar surface area (TPSA) is 78.4 Å². The van der Waals surface area contributed by atoms with Gasteiger partial charge in [0.05, 0.1) is 13.3 Å². The number of methoxy groups -OCH3 is 1. The predicted molar refractivity (Wildman–Crippen MR) is 107 cm³/mol. The highest BCUT2D eigenvalue weighted by Gasteiger charge is 2.12. The average Bonchev–Trinajstić information content (AvgIpc) is 3.23. The number of nitrogens with zero attached hydrogens (tertiary/aromatic N) is 1. The zero-order chi connectivity index (χ0) is 20.1. The molecule has 1 amide bonds. The first kappa shape index (κ1) is 18.4. The number of hydrogen-bond acceptors (Lipinski definition) is 6. The molecule has 1 heterocycles. The molecule has 1 aliphatic rings. The molecule has 3 aromatic carbocycles. The molecular weight excluding hydrogens is 372 g/mol. The third kappa shape index (κ3) is 4.47. The van der Waals surface area contributed by atoms with Gasteiger partial charge in [0.15, 0.2) is 11.5 Å². The van der Waals surface area contributed by atoms with Gasteiger partial charge < -0.3 is 18.9 Å². The number of amides is 1. The maximum Gasteiger partial charge on any atom is 0.271 e. The first-order valence-corrected chi connectivity index (χ1v) is 8.86. The number of fused-ring (bicyclic) bond motifs is 1. The standard InChI is InChI=1S/C22H18N2O5/c1-26-17-7-9-19(10-8-17)29-18-5-3-16(4-6-18)22(25)24-23-13-15-2-11-20-21(12-15)28-14-27-20/h2-13H,14H2,1H3,(H,24,25)/b23-13-. The molecule has 0 bridgehead atoms. The number of ether oxygens (including phenoxy) is 4. The van der Waals surface area contributed by atoms with Gasteiger partial charge in [-0.2, -0.15) is 5.10 Å².